The Labute approximate surface area is 205 Å². The van der Waals surface area contributed by atoms with Gasteiger partial charge in [0.25, 0.3) is 5.89 Å². The van der Waals surface area contributed by atoms with Crippen LogP contribution in [0.15, 0.2) is 40.9 Å². The summed E-state index contributed by atoms with van der Waals surface area (Å²) in [6.45, 7) is 10.8. The van der Waals surface area contributed by atoms with E-state index in [0.29, 0.717) is 35.6 Å². The molecule has 7 nitrogen and oxygen atoms in total. The highest BCUT2D eigenvalue weighted by atomic mass is 35.5. The fraction of sp³-hybridized carbons (Fsp3) is 0.423. The minimum atomic E-state index is -0.508. The van der Waals surface area contributed by atoms with Gasteiger partial charge in [-0.3, -0.25) is 0 Å². The van der Waals surface area contributed by atoms with Crippen molar-refractivity contribution in [1.82, 2.24) is 15.0 Å². The van der Waals surface area contributed by atoms with Gasteiger partial charge in [-0.2, -0.15) is 4.98 Å². The Balaban J connectivity index is 1.50. The lowest BCUT2D eigenvalue weighted by Crippen LogP contribution is -2.38. The second-order valence-electron chi connectivity index (χ2n) is 9.69. The Hall–Kier alpha value is -3.06. The highest BCUT2D eigenvalue weighted by Crippen LogP contribution is 2.32. The summed E-state index contributed by atoms with van der Waals surface area (Å²) in [4.78, 5) is 18.8. The summed E-state index contributed by atoms with van der Waals surface area (Å²) < 4.78 is 16.7. The zero-order valence-electron chi connectivity index (χ0n) is 20.2. The summed E-state index contributed by atoms with van der Waals surface area (Å²) in [5.41, 5.74) is 3.47. The number of carbonyl (C=O) groups is 1. The minimum absolute atomic E-state index is 0.0304. The average molecular weight is 484 g/mol. The molecule has 0 aliphatic carbocycles. The first kappa shape index (κ1) is 24.1. The van der Waals surface area contributed by atoms with Crippen molar-refractivity contribution in [1.29, 1.82) is 0 Å². The second kappa shape index (κ2) is 9.66. The van der Waals surface area contributed by atoms with Crippen LogP contribution in [-0.4, -0.2) is 45.9 Å². The van der Waals surface area contributed by atoms with Crippen LogP contribution in [0.3, 0.4) is 0 Å². The molecule has 0 fully saturated rings. The number of hydrogen-bond donors (Lipinski definition) is 0. The SMILES string of the molecule is CC(C)Oc1ccc(-c2nc(-c3ccc4c(c3)CCN(C(=O)OC(C)(C)C)CC4)no2)cc1Cl. The largest absolute Gasteiger partial charge is 0.489 e. The first-order valence-electron chi connectivity index (χ1n) is 11.5. The number of hydrogen-bond acceptors (Lipinski definition) is 6. The summed E-state index contributed by atoms with van der Waals surface area (Å²) in [5.74, 6) is 1.51. The summed E-state index contributed by atoms with van der Waals surface area (Å²) in [6.07, 6.45) is 1.27. The van der Waals surface area contributed by atoms with Crippen molar-refractivity contribution in [2.24, 2.45) is 0 Å². The van der Waals surface area contributed by atoms with Crippen LogP contribution in [0.2, 0.25) is 5.02 Å². The lowest BCUT2D eigenvalue weighted by molar-refractivity contribution is 0.0258. The maximum Gasteiger partial charge on any atom is 0.410 e. The molecular formula is C26H30ClN3O4. The van der Waals surface area contributed by atoms with E-state index in [4.69, 9.17) is 25.6 Å². The molecule has 0 saturated heterocycles. The molecule has 0 atom stereocenters. The van der Waals surface area contributed by atoms with E-state index < -0.39 is 5.60 Å². The molecule has 3 aromatic rings. The average Bonchev–Trinajstić information content (AvgIpc) is 3.14. The van der Waals surface area contributed by atoms with Crippen LogP contribution < -0.4 is 4.74 Å². The fourth-order valence-electron chi connectivity index (χ4n) is 3.81. The lowest BCUT2D eigenvalue weighted by atomic mass is 10.00. The number of nitrogens with zero attached hydrogens (tertiary/aromatic N) is 3. The zero-order chi connectivity index (χ0) is 24.5. The van der Waals surface area contributed by atoms with Crippen molar-refractivity contribution in [2.75, 3.05) is 13.1 Å². The molecule has 2 heterocycles. The van der Waals surface area contributed by atoms with Crippen LogP contribution in [-0.2, 0) is 17.6 Å². The molecule has 180 valence electrons. The molecule has 8 heteroatoms. The van der Waals surface area contributed by atoms with E-state index in [9.17, 15) is 4.79 Å². The van der Waals surface area contributed by atoms with Gasteiger partial charge in [0.15, 0.2) is 0 Å². The van der Waals surface area contributed by atoms with Crippen LogP contribution in [0.4, 0.5) is 4.79 Å². The van der Waals surface area contributed by atoms with E-state index in [1.807, 2.05) is 46.8 Å². The lowest BCUT2D eigenvalue weighted by Gasteiger charge is -2.26. The van der Waals surface area contributed by atoms with Gasteiger partial charge in [-0.05, 0) is 82.9 Å². The third-order valence-corrected chi connectivity index (χ3v) is 5.68. The van der Waals surface area contributed by atoms with E-state index in [1.165, 1.54) is 11.1 Å². The topological polar surface area (TPSA) is 77.7 Å². The summed E-state index contributed by atoms with van der Waals surface area (Å²) in [6, 6.07) is 11.6. The Morgan fingerprint density at radius 3 is 2.44 bits per heavy atom. The van der Waals surface area contributed by atoms with Crippen LogP contribution in [0, 0.1) is 0 Å². The number of amides is 1. The standard InChI is InChI=1S/C26H30ClN3O4/c1-16(2)32-22-9-8-20(15-21(22)27)24-28-23(29-34-24)19-7-6-17-10-12-30(13-11-18(17)14-19)25(31)33-26(3,4)5/h6-9,14-16H,10-13H2,1-5H3. The number of benzene rings is 2. The fourth-order valence-corrected chi connectivity index (χ4v) is 4.04. The van der Waals surface area contributed by atoms with E-state index in [0.717, 1.165) is 24.0 Å². The Morgan fingerprint density at radius 2 is 1.76 bits per heavy atom. The molecular weight excluding hydrogens is 454 g/mol. The third-order valence-electron chi connectivity index (χ3n) is 5.39. The molecule has 1 aliphatic rings. The molecule has 0 spiro atoms. The van der Waals surface area contributed by atoms with E-state index in [1.54, 1.807) is 17.0 Å². The molecule has 0 N–H and O–H groups in total. The van der Waals surface area contributed by atoms with Crippen LogP contribution in [0.25, 0.3) is 22.8 Å². The van der Waals surface area contributed by atoms with Gasteiger partial charge in [0.05, 0.1) is 11.1 Å². The summed E-state index contributed by atoms with van der Waals surface area (Å²) in [7, 11) is 0. The maximum atomic E-state index is 12.5. The van der Waals surface area contributed by atoms with Crippen LogP contribution in [0.5, 0.6) is 5.75 Å². The van der Waals surface area contributed by atoms with Crippen molar-refractivity contribution in [3.8, 4) is 28.6 Å². The molecule has 0 saturated carbocycles. The Kier molecular flexibility index (Phi) is 6.84. The quantitative estimate of drug-likeness (QED) is 0.441. The number of rotatable bonds is 4. The van der Waals surface area contributed by atoms with Gasteiger partial charge in [0.1, 0.15) is 11.4 Å². The van der Waals surface area contributed by atoms with Crippen molar-refractivity contribution in [3.63, 3.8) is 0 Å². The number of carbonyl (C=O) groups excluding carboxylic acids is 1. The molecule has 0 radical (unpaired) electrons. The van der Waals surface area contributed by atoms with Gasteiger partial charge in [-0.25, -0.2) is 4.79 Å². The smallest absolute Gasteiger partial charge is 0.410 e. The first-order chi connectivity index (χ1) is 16.1. The minimum Gasteiger partial charge on any atom is -0.489 e. The highest BCUT2D eigenvalue weighted by molar-refractivity contribution is 6.32. The van der Waals surface area contributed by atoms with E-state index >= 15 is 0 Å². The van der Waals surface area contributed by atoms with Crippen molar-refractivity contribution in [2.45, 2.75) is 59.2 Å². The van der Waals surface area contributed by atoms with Gasteiger partial charge in [-0.1, -0.05) is 28.9 Å². The Morgan fingerprint density at radius 1 is 1.06 bits per heavy atom. The maximum absolute atomic E-state index is 12.5. The molecule has 0 bridgehead atoms. The van der Waals surface area contributed by atoms with Crippen LogP contribution >= 0.6 is 11.6 Å². The molecule has 0 unspecified atom stereocenters. The molecule has 4 rings (SSSR count). The normalized spacial score (nSPS) is 14.0. The van der Waals surface area contributed by atoms with Gasteiger partial charge >= 0.3 is 6.09 Å². The van der Waals surface area contributed by atoms with Crippen LogP contribution in [0.1, 0.15) is 45.7 Å². The predicted molar refractivity (Wildman–Crippen MR) is 131 cm³/mol. The molecule has 34 heavy (non-hydrogen) atoms. The van der Waals surface area contributed by atoms with Crippen molar-refractivity contribution < 1.29 is 18.8 Å². The second-order valence-corrected chi connectivity index (χ2v) is 10.1. The molecule has 1 aromatic heterocycles. The van der Waals surface area contributed by atoms with Crippen molar-refractivity contribution >= 4 is 17.7 Å². The number of halogens is 1. The number of ether oxygens (including phenoxy) is 2. The predicted octanol–water partition coefficient (Wildman–Crippen LogP) is 6.18. The molecule has 1 aliphatic heterocycles. The summed E-state index contributed by atoms with van der Waals surface area (Å²) in [5, 5.41) is 4.67. The van der Waals surface area contributed by atoms with Gasteiger partial charge in [0.2, 0.25) is 5.82 Å². The van der Waals surface area contributed by atoms with E-state index in [2.05, 4.69) is 22.3 Å². The monoisotopic (exact) mass is 483 g/mol. The van der Waals surface area contributed by atoms with E-state index in [-0.39, 0.29) is 12.2 Å². The molecule has 2 aromatic carbocycles. The Bertz CT molecular complexity index is 1180. The first-order valence-corrected chi connectivity index (χ1v) is 11.9. The molecule has 1 amide bonds. The summed E-state index contributed by atoms with van der Waals surface area (Å²) >= 11 is 6.36. The zero-order valence-corrected chi connectivity index (χ0v) is 21.0. The van der Waals surface area contributed by atoms with Gasteiger partial charge in [0, 0.05) is 24.2 Å². The number of fused-ring (bicyclic) bond motifs is 1. The van der Waals surface area contributed by atoms with Gasteiger partial charge < -0.3 is 18.9 Å². The third kappa shape index (κ3) is 5.70. The number of aromatic nitrogens is 2. The van der Waals surface area contributed by atoms with Gasteiger partial charge in [-0.15, -0.1) is 0 Å². The van der Waals surface area contributed by atoms with Crippen molar-refractivity contribution in [3.05, 3.63) is 52.5 Å². The highest BCUT2D eigenvalue weighted by Gasteiger charge is 2.24.